The third-order valence-corrected chi connectivity index (χ3v) is 3.38. The third-order valence-electron chi connectivity index (χ3n) is 3.38. The maximum atomic E-state index is 13.7. The predicted molar refractivity (Wildman–Crippen MR) is 68.1 cm³/mol. The fourth-order valence-electron chi connectivity index (χ4n) is 2.40. The highest BCUT2D eigenvalue weighted by Crippen LogP contribution is 2.26. The van der Waals surface area contributed by atoms with Crippen LogP contribution in [0.3, 0.4) is 0 Å². The zero-order chi connectivity index (χ0) is 13.8. The third kappa shape index (κ3) is 2.68. The van der Waals surface area contributed by atoms with E-state index in [-0.39, 0.29) is 17.6 Å². The van der Waals surface area contributed by atoms with E-state index in [1.54, 1.807) is 12.1 Å². The second-order valence-electron chi connectivity index (χ2n) is 4.50. The zero-order valence-corrected chi connectivity index (χ0v) is 10.7. The average molecular weight is 262 g/mol. The Morgan fingerprint density at radius 2 is 2.32 bits per heavy atom. The summed E-state index contributed by atoms with van der Waals surface area (Å²) in [5.74, 6) is -0.862. The summed E-state index contributed by atoms with van der Waals surface area (Å²) in [5, 5.41) is 8.72. The number of carbonyl (C=O) groups excluding carboxylic acids is 1. The quantitative estimate of drug-likeness (QED) is 0.767. The van der Waals surface area contributed by atoms with E-state index in [1.807, 2.05) is 4.90 Å². The lowest BCUT2D eigenvalue weighted by Gasteiger charge is -2.35. The summed E-state index contributed by atoms with van der Waals surface area (Å²) in [4.78, 5) is 13.6. The minimum Gasteiger partial charge on any atom is -0.467 e. The lowest BCUT2D eigenvalue weighted by Crippen LogP contribution is -2.45. The monoisotopic (exact) mass is 262 g/mol. The Balaban J connectivity index is 2.30. The normalized spacial score (nSPS) is 18.8. The first-order valence-electron chi connectivity index (χ1n) is 6.21. The number of esters is 1. The highest BCUT2D eigenvalue weighted by Gasteiger charge is 2.29. The van der Waals surface area contributed by atoms with Gasteiger partial charge in [0.25, 0.3) is 0 Å². The summed E-state index contributed by atoms with van der Waals surface area (Å²) in [6, 6.07) is 5.83. The number of piperidine rings is 1. The van der Waals surface area contributed by atoms with Gasteiger partial charge in [0, 0.05) is 12.2 Å². The van der Waals surface area contributed by atoms with Gasteiger partial charge in [0.1, 0.15) is 17.9 Å². The molecular weight excluding hydrogens is 247 g/mol. The number of rotatable bonds is 2. The van der Waals surface area contributed by atoms with Crippen molar-refractivity contribution in [3.05, 3.63) is 29.6 Å². The highest BCUT2D eigenvalue weighted by atomic mass is 19.1. The molecular formula is C14H15FN2O2. The van der Waals surface area contributed by atoms with Crippen molar-refractivity contribution in [2.75, 3.05) is 18.6 Å². The van der Waals surface area contributed by atoms with E-state index in [1.165, 1.54) is 19.2 Å². The Morgan fingerprint density at radius 1 is 1.53 bits per heavy atom. The van der Waals surface area contributed by atoms with Crippen molar-refractivity contribution >= 4 is 11.7 Å². The van der Waals surface area contributed by atoms with E-state index in [4.69, 9.17) is 10.00 Å². The summed E-state index contributed by atoms with van der Waals surface area (Å²) in [6.45, 7) is 0.686. The highest BCUT2D eigenvalue weighted by molar-refractivity contribution is 5.80. The number of hydrogen-bond donors (Lipinski definition) is 0. The molecule has 1 atom stereocenters. The van der Waals surface area contributed by atoms with Crippen LogP contribution < -0.4 is 4.90 Å². The molecule has 19 heavy (non-hydrogen) atoms. The van der Waals surface area contributed by atoms with E-state index in [2.05, 4.69) is 0 Å². The predicted octanol–water partition coefficient (Wildman–Crippen LogP) is 2.23. The Labute approximate surface area is 111 Å². The lowest BCUT2D eigenvalue weighted by molar-refractivity contribution is -0.142. The molecule has 0 spiro atoms. The summed E-state index contributed by atoms with van der Waals surface area (Å²) in [6.07, 6.45) is 2.61. The summed E-state index contributed by atoms with van der Waals surface area (Å²) in [7, 11) is 1.36. The topological polar surface area (TPSA) is 53.3 Å². The van der Waals surface area contributed by atoms with Crippen molar-refractivity contribution < 1.29 is 13.9 Å². The Morgan fingerprint density at radius 3 is 2.95 bits per heavy atom. The van der Waals surface area contributed by atoms with Gasteiger partial charge >= 0.3 is 5.97 Å². The van der Waals surface area contributed by atoms with Gasteiger partial charge in [-0.15, -0.1) is 0 Å². The summed E-state index contributed by atoms with van der Waals surface area (Å²) >= 11 is 0. The molecule has 0 bridgehead atoms. The molecule has 0 saturated carbocycles. The molecule has 2 rings (SSSR count). The van der Waals surface area contributed by atoms with Crippen molar-refractivity contribution in [2.24, 2.45) is 0 Å². The van der Waals surface area contributed by atoms with Crippen LogP contribution >= 0.6 is 0 Å². The van der Waals surface area contributed by atoms with Gasteiger partial charge in [-0.25, -0.2) is 9.18 Å². The SMILES string of the molecule is COC(=O)C1CCCCN1c1ccc(C#N)c(F)c1. The minimum atomic E-state index is -0.561. The van der Waals surface area contributed by atoms with Crippen molar-refractivity contribution in [3.63, 3.8) is 0 Å². The van der Waals surface area contributed by atoms with Gasteiger partial charge in [-0.2, -0.15) is 5.26 Å². The molecule has 0 amide bonds. The van der Waals surface area contributed by atoms with Crippen molar-refractivity contribution in [1.29, 1.82) is 5.26 Å². The van der Waals surface area contributed by atoms with Crippen LogP contribution in [0.2, 0.25) is 0 Å². The molecule has 1 heterocycles. The van der Waals surface area contributed by atoms with Gasteiger partial charge in [-0.3, -0.25) is 0 Å². The molecule has 1 fully saturated rings. The second kappa shape index (κ2) is 5.70. The number of anilines is 1. The molecule has 100 valence electrons. The van der Waals surface area contributed by atoms with Crippen LogP contribution in [0.5, 0.6) is 0 Å². The number of nitriles is 1. The van der Waals surface area contributed by atoms with Gasteiger partial charge < -0.3 is 9.64 Å². The van der Waals surface area contributed by atoms with E-state index in [0.29, 0.717) is 18.7 Å². The van der Waals surface area contributed by atoms with Crippen molar-refractivity contribution in [2.45, 2.75) is 25.3 Å². The van der Waals surface area contributed by atoms with Crippen LogP contribution in [0, 0.1) is 17.1 Å². The van der Waals surface area contributed by atoms with Crippen LogP contribution in [0.1, 0.15) is 24.8 Å². The van der Waals surface area contributed by atoms with Gasteiger partial charge in [0.05, 0.1) is 12.7 Å². The minimum absolute atomic E-state index is 0.00961. The molecule has 0 N–H and O–H groups in total. The maximum Gasteiger partial charge on any atom is 0.328 e. The first kappa shape index (κ1) is 13.3. The van der Waals surface area contributed by atoms with Gasteiger partial charge in [0.2, 0.25) is 0 Å². The summed E-state index contributed by atoms with van der Waals surface area (Å²) < 4.78 is 18.4. The Hall–Kier alpha value is -2.09. The number of halogens is 1. The molecule has 1 unspecified atom stereocenters. The Kier molecular flexibility index (Phi) is 4.00. The number of nitrogens with zero attached hydrogens (tertiary/aromatic N) is 2. The Bertz CT molecular complexity index is 525. The first-order valence-corrected chi connectivity index (χ1v) is 6.21. The van der Waals surface area contributed by atoms with E-state index >= 15 is 0 Å². The molecule has 4 nitrogen and oxygen atoms in total. The fourth-order valence-corrected chi connectivity index (χ4v) is 2.40. The fraction of sp³-hybridized carbons (Fsp3) is 0.429. The van der Waals surface area contributed by atoms with E-state index in [9.17, 15) is 9.18 Å². The van der Waals surface area contributed by atoms with Crippen molar-refractivity contribution in [1.82, 2.24) is 0 Å². The van der Waals surface area contributed by atoms with Crippen LogP contribution in [0.4, 0.5) is 10.1 Å². The lowest BCUT2D eigenvalue weighted by atomic mass is 10.0. The largest absolute Gasteiger partial charge is 0.467 e. The number of hydrogen-bond acceptors (Lipinski definition) is 4. The number of ether oxygens (including phenoxy) is 1. The molecule has 1 aliphatic heterocycles. The zero-order valence-electron chi connectivity index (χ0n) is 10.7. The standard InChI is InChI=1S/C14H15FN2O2/c1-19-14(18)13-4-2-3-7-17(13)11-6-5-10(9-16)12(15)8-11/h5-6,8,13H,2-4,7H2,1H3. The number of methoxy groups -OCH3 is 1. The van der Waals surface area contributed by atoms with Crippen LogP contribution in [-0.2, 0) is 9.53 Å². The molecule has 5 heteroatoms. The molecule has 0 radical (unpaired) electrons. The molecule has 1 saturated heterocycles. The van der Waals surface area contributed by atoms with Gasteiger partial charge in [-0.05, 0) is 37.5 Å². The van der Waals surface area contributed by atoms with Crippen LogP contribution in [0.15, 0.2) is 18.2 Å². The molecule has 0 aliphatic carbocycles. The first-order chi connectivity index (χ1) is 9.17. The van der Waals surface area contributed by atoms with Crippen LogP contribution in [0.25, 0.3) is 0 Å². The number of benzene rings is 1. The average Bonchev–Trinajstić information content (AvgIpc) is 2.46. The number of carbonyl (C=O) groups is 1. The van der Waals surface area contributed by atoms with Crippen LogP contribution in [-0.4, -0.2) is 25.7 Å². The summed E-state index contributed by atoms with van der Waals surface area (Å²) in [5.41, 5.74) is 0.627. The maximum absolute atomic E-state index is 13.7. The molecule has 1 aliphatic rings. The molecule has 1 aromatic carbocycles. The van der Waals surface area contributed by atoms with E-state index in [0.717, 1.165) is 12.8 Å². The van der Waals surface area contributed by atoms with E-state index < -0.39 is 5.82 Å². The molecule has 1 aromatic rings. The van der Waals surface area contributed by atoms with Gasteiger partial charge in [0.15, 0.2) is 0 Å². The van der Waals surface area contributed by atoms with Crippen molar-refractivity contribution in [3.8, 4) is 6.07 Å². The molecule has 0 aromatic heterocycles. The smallest absolute Gasteiger partial charge is 0.328 e. The second-order valence-corrected chi connectivity index (χ2v) is 4.50. The van der Waals surface area contributed by atoms with Gasteiger partial charge in [-0.1, -0.05) is 0 Å².